The Balaban J connectivity index is 1.90. The number of primary sulfonamides is 1. The molecule has 0 aromatic rings. The molecule has 6 nitrogen and oxygen atoms in total. The van der Waals surface area contributed by atoms with E-state index in [1.807, 2.05) is 4.90 Å². The van der Waals surface area contributed by atoms with E-state index in [1.165, 1.54) is 0 Å². The van der Waals surface area contributed by atoms with Gasteiger partial charge in [-0.2, -0.15) is 0 Å². The topological polar surface area (TPSA) is 101 Å². The van der Waals surface area contributed by atoms with Crippen LogP contribution >= 0.6 is 0 Å². The molecular formula is C12H22N2O4S. The molecule has 2 fully saturated rings. The van der Waals surface area contributed by atoms with Gasteiger partial charge in [0.25, 0.3) is 0 Å². The van der Waals surface area contributed by atoms with E-state index in [9.17, 15) is 13.2 Å². The summed E-state index contributed by atoms with van der Waals surface area (Å²) in [7, 11) is -3.51. The zero-order chi connectivity index (χ0) is 14.0. The number of likely N-dealkylation sites (tertiary alicyclic amines) is 1. The second-order valence-corrected chi connectivity index (χ2v) is 7.46. The first-order valence-corrected chi connectivity index (χ1v) is 8.51. The number of carbonyl (C=O) groups excluding carboxylic acids is 1. The highest BCUT2D eigenvalue weighted by atomic mass is 32.2. The van der Waals surface area contributed by atoms with E-state index < -0.39 is 10.0 Å². The van der Waals surface area contributed by atoms with Gasteiger partial charge < -0.3 is 10.0 Å². The Kier molecular flexibility index (Phi) is 4.47. The molecule has 110 valence electrons. The van der Waals surface area contributed by atoms with Crippen LogP contribution in [0, 0.1) is 11.8 Å². The molecule has 1 heterocycles. The maximum absolute atomic E-state index is 12.0. The average molecular weight is 290 g/mol. The van der Waals surface area contributed by atoms with Crippen molar-refractivity contribution in [3.63, 3.8) is 0 Å². The molecule has 0 aromatic carbocycles. The van der Waals surface area contributed by atoms with Gasteiger partial charge in [-0.3, -0.25) is 4.79 Å². The largest absolute Gasteiger partial charge is 0.396 e. The number of hydrogen-bond acceptors (Lipinski definition) is 4. The Morgan fingerprint density at radius 1 is 1.21 bits per heavy atom. The summed E-state index contributed by atoms with van der Waals surface area (Å²) in [6.45, 7) is 0.721. The van der Waals surface area contributed by atoms with Crippen LogP contribution < -0.4 is 5.14 Å². The Labute approximate surface area is 114 Å². The monoisotopic (exact) mass is 290 g/mol. The summed E-state index contributed by atoms with van der Waals surface area (Å²) >= 11 is 0. The lowest BCUT2D eigenvalue weighted by Crippen LogP contribution is -2.40. The smallest absolute Gasteiger partial charge is 0.223 e. The maximum Gasteiger partial charge on any atom is 0.223 e. The van der Waals surface area contributed by atoms with E-state index in [4.69, 9.17) is 10.2 Å². The number of nitrogens with two attached hydrogens (primary N) is 1. The lowest BCUT2D eigenvalue weighted by atomic mass is 9.86. The van der Waals surface area contributed by atoms with Gasteiger partial charge in [0.1, 0.15) is 0 Å². The molecule has 7 heteroatoms. The van der Waals surface area contributed by atoms with Gasteiger partial charge in [0.05, 0.1) is 5.75 Å². The normalized spacial score (nSPS) is 32.8. The predicted octanol–water partition coefficient (Wildman–Crippen LogP) is -0.325. The Morgan fingerprint density at radius 3 is 2.37 bits per heavy atom. The van der Waals surface area contributed by atoms with Crippen molar-refractivity contribution >= 4 is 15.9 Å². The van der Waals surface area contributed by atoms with Gasteiger partial charge in [0, 0.05) is 31.5 Å². The van der Waals surface area contributed by atoms with Gasteiger partial charge >= 0.3 is 0 Å². The van der Waals surface area contributed by atoms with Crippen LogP contribution in [-0.2, 0) is 14.8 Å². The fraction of sp³-hybridized carbons (Fsp3) is 0.917. The highest BCUT2D eigenvalue weighted by Gasteiger charge is 2.37. The molecule has 1 saturated heterocycles. The fourth-order valence-corrected chi connectivity index (χ4v) is 4.12. The molecule has 1 aliphatic carbocycles. The van der Waals surface area contributed by atoms with Crippen LogP contribution in [0.2, 0.25) is 0 Å². The number of rotatable bonds is 4. The van der Waals surface area contributed by atoms with E-state index in [1.54, 1.807) is 0 Å². The fourth-order valence-electron chi connectivity index (χ4n) is 3.24. The SMILES string of the molecule is NS(=O)(=O)CC1CC(=O)N(C2CCC(CO)CC2)C1. The van der Waals surface area contributed by atoms with Crippen molar-refractivity contribution in [1.82, 2.24) is 4.90 Å². The second-order valence-electron chi connectivity index (χ2n) is 5.80. The molecule has 0 bridgehead atoms. The van der Waals surface area contributed by atoms with Crippen molar-refractivity contribution in [2.45, 2.75) is 38.1 Å². The van der Waals surface area contributed by atoms with Crippen molar-refractivity contribution in [3.05, 3.63) is 0 Å². The summed E-state index contributed by atoms with van der Waals surface area (Å²) in [6, 6.07) is 0.209. The Morgan fingerprint density at radius 2 is 1.84 bits per heavy atom. The zero-order valence-corrected chi connectivity index (χ0v) is 11.8. The van der Waals surface area contributed by atoms with Crippen molar-refractivity contribution in [1.29, 1.82) is 0 Å². The minimum Gasteiger partial charge on any atom is -0.396 e. The molecule has 0 aromatic heterocycles. The van der Waals surface area contributed by atoms with Gasteiger partial charge in [-0.25, -0.2) is 13.6 Å². The number of sulfonamides is 1. The van der Waals surface area contributed by atoms with Crippen molar-refractivity contribution in [2.24, 2.45) is 17.0 Å². The quantitative estimate of drug-likeness (QED) is 0.740. The first-order chi connectivity index (χ1) is 8.89. The number of aliphatic hydroxyl groups excluding tert-OH is 1. The standard InChI is InChI=1S/C12H22N2O4S/c13-19(17,18)8-10-5-12(16)14(6-10)11-3-1-9(7-15)2-4-11/h9-11,15H,1-8H2,(H2,13,17,18). The molecule has 1 saturated carbocycles. The highest BCUT2D eigenvalue weighted by molar-refractivity contribution is 7.89. The van der Waals surface area contributed by atoms with Gasteiger partial charge in [-0.05, 0) is 31.6 Å². The number of amides is 1. The van der Waals surface area contributed by atoms with E-state index in [0.717, 1.165) is 25.7 Å². The lowest BCUT2D eigenvalue weighted by Gasteiger charge is -2.34. The summed E-state index contributed by atoms with van der Waals surface area (Å²) in [4.78, 5) is 13.8. The predicted molar refractivity (Wildman–Crippen MR) is 70.6 cm³/mol. The maximum atomic E-state index is 12.0. The molecule has 2 rings (SSSR count). The number of nitrogens with zero attached hydrogens (tertiary/aromatic N) is 1. The third kappa shape index (κ3) is 3.90. The number of aliphatic hydroxyl groups is 1. The molecule has 1 amide bonds. The van der Waals surface area contributed by atoms with Crippen LogP contribution in [0.3, 0.4) is 0 Å². The summed E-state index contributed by atoms with van der Waals surface area (Å²) in [6.07, 6.45) is 3.96. The van der Waals surface area contributed by atoms with Crippen molar-refractivity contribution < 1.29 is 18.3 Å². The Bertz CT molecular complexity index is 429. The van der Waals surface area contributed by atoms with Gasteiger partial charge in [-0.1, -0.05) is 0 Å². The number of carbonyl (C=O) groups is 1. The molecule has 0 radical (unpaired) electrons. The third-order valence-corrected chi connectivity index (χ3v) is 5.16. The van der Waals surface area contributed by atoms with Crippen LogP contribution in [-0.4, -0.2) is 49.3 Å². The van der Waals surface area contributed by atoms with Crippen molar-refractivity contribution in [3.8, 4) is 0 Å². The molecule has 1 atom stereocenters. The molecule has 3 N–H and O–H groups in total. The van der Waals surface area contributed by atoms with E-state index in [0.29, 0.717) is 12.5 Å². The van der Waals surface area contributed by atoms with Crippen LogP contribution in [0.25, 0.3) is 0 Å². The summed E-state index contributed by atoms with van der Waals surface area (Å²) in [5.41, 5.74) is 0. The van der Waals surface area contributed by atoms with Crippen LogP contribution in [0.5, 0.6) is 0 Å². The van der Waals surface area contributed by atoms with E-state index in [2.05, 4.69) is 0 Å². The van der Waals surface area contributed by atoms with Crippen LogP contribution in [0.4, 0.5) is 0 Å². The first-order valence-electron chi connectivity index (χ1n) is 6.80. The first kappa shape index (κ1) is 14.7. The van der Waals surface area contributed by atoms with Crippen LogP contribution in [0.1, 0.15) is 32.1 Å². The molecule has 0 spiro atoms. The van der Waals surface area contributed by atoms with Crippen molar-refractivity contribution in [2.75, 3.05) is 18.9 Å². The Hall–Kier alpha value is -0.660. The van der Waals surface area contributed by atoms with Gasteiger partial charge in [0.2, 0.25) is 15.9 Å². The second kappa shape index (κ2) is 5.76. The van der Waals surface area contributed by atoms with E-state index >= 15 is 0 Å². The zero-order valence-electron chi connectivity index (χ0n) is 11.0. The minimum atomic E-state index is -3.51. The summed E-state index contributed by atoms with van der Waals surface area (Å²) in [5.74, 6) is 0.120. The lowest BCUT2D eigenvalue weighted by molar-refractivity contribution is -0.130. The van der Waals surface area contributed by atoms with Crippen LogP contribution in [0.15, 0.2) is 0 Å². The average Bonchev–Trinajstić information content (AvgIpc) is 2.68. The van der Waals surface area contributed by atoms with Gasteiger partial charge in [0.15, 0.2) is 0 Å². The summed E-state index contributed by atoms with van der Waals surface area (Å²) < 4.78 is 22.2. The highest BCUT2D eigenvalue weighted by Crippen LogP contribution is 2.31. The molecule has 1 aliphatic heterocycles. The van der Waals surface area contributed by atoms with E-state index in [-0.39, 0.29) is 36.6 Å². The molecule has 2 aliphatic rings. The number of hydrogen-bond donors (Lipinski definition) is 2. The third-order valence-electron chi connectivity index (χ3n) is 4.22. The molecule has 1 unspecified atom stereocenters. The molecule has 19 heavy (non-hydrogen) atoms. The van der Waals surface area contributed by atoms with Gasteiger partial charge in [-0.15, -0.1) is 0 Å². The summed E-state index contributed by atoms with van der Waals surface area (Å²) in [5, 5.41) is 14.1. The minimum absolute atomic E-state index is 0.0427. The molecular weight excluding hydrogens is 268 g/mol.